The number of carbonyl (C=O) groups excluding carboxylic acids is 1. The molecule has 3 N–H and O–H groups in total. The van der Waals surface area contributed by atoms with Gasteiger partial charge in [0.2, 0.25) is 0 Å². The largest absolute Gasteiger partial charge is 0.343 e. The zero-order valence-electron chi connectivity index (χ0n) is 11.5. The number of rotatable bonds is 4. The van der Waals surface area contributed by atoms with E-state index in [9.17, 15) is 14.9 Å². The van der Waals surface area contributed by atoms with Crippen LogP contribution in [0.15, 0.2) is 30.5 Å². The number of nitrogens with one attached hydrogen (secondary N) is 1. The molecule has 0 aliphatic carbocycles. The fourth-order valence-corrected chi connectivity index (χ4v) is 1.83. The van der Waals surface area contributed by atoms with Crippen molar-refractivity contribution in [3.05, 3.63) is 46.3 Å². The van der Waals surface area contributed by atoms with Gasteiger partial charge in [0.15, 0.2) is 5.69 Å². The summed E-state index contributed by atoms with van der Waals surface area (Å²) in [6.07, 6.45) is 1.49. The number of hydrazine groups is 1. The Hall–Kier alpha value is -2.94. The molecule has 0 fully saturated rings. The summed E-state index contributed by atoms with van der Waals surface area (Å²) in [5.74, 6) is 5.00. The van der Waals surface area contributed by atoms with E-state index in [-0.39, 0.29) is 28.7 Å². The van der Waals surface area contributed by atoms with Crippen molar-refractivity contribution in [2.24, 2.45) is 5.84 Å². The molecule has 9 heteroatoms. The van der Waals surface area contributed by atoms with Crippen LogP contribution in [0.25, 0.3) is 5.69 Å². The average molecular weight is 290 g/mol. The van der Waals surface area contributed by atoms with Crippen molar-refractivity contribution < 1.29 is 9.72 Å². The van der Waals surface area contributed by atoms with Crippen LogP contribution < -0.4 is 11.3 Å². The van der Waals surface area contributed by atoms with Crippen LogP contribution in [0.5, 0.6) is 0 Å². The zero-order chi connectivity index (χ0) is 15.6. The number of aromatic nitrogens is 2. The molecule has 1 aromatic heterocycles. The lowest BCUT2D eigenvalue weighted by atomic mass is 10.2. The quantitative estimate of drug-likeness (QED) is 0.487. The number of nitrogens with two attached hydrogens (primary N) is 1. The van der Waals surface area contributed by atoms with Gasteiger partial charge >= 0.3 is 5.69 Å². The van der Waals surface area contributed by atoms with Crippen LogP contribution in [0.3, 0.4) is 0 Å². The van der Waals surface area contributed by atoms with Crippen LogP contribution in [-0.2, 0) is 0 Å². The number of amides is 1. The summed E-state index contributed by atoms with van der Waals surface area (Å²) < 4.78 is 1.27. The number of nitro groups is 1. The molecule has 0 saturated heterocycles. The summed E-state index contributed by atoms with van der Waals surface area (Å²) in [7, 11) is 3.20. The molecule has 1 aromatic carbocycles. The SMILES string of the molecule is CN(C)C(=O)c1ccn(-c2cccc(NN)c2[N+](=O)[O-])n1. The van der Waals surface area contributed by atoms with Crippen molar-refractivity contribution in [2.45, 2.75) is 0 Å². The number of nitrogen functional groups attached to an aromatic ring is 1. The van der Waals surface area contributed by atoms with E-state index in [2.05, 4.69) is 10.5 Å². The minimum atomic E-state index is -0.556. The minimum absolute atomic E-state index is 0.161. The molecule has 0 aliphatic rings. The maximum absolute atomic E-state index is 11.8. The first-order valence-corrected chi connectivity index (χ1v) is 5.97. The third kappa shape index (κ3) is 2.67. The molecule has 2 rings (SSSR count). The Balaban J connectivity index is 2.53. The first kappa shape index (κ1) is 14.5. The van der Waals surface area contributed by atoms with Gasteiger partial charge < -0.3 is 10.3 Å². The molecular formula is C12H14N6O3. The standard InChI is InChI=1S/C12H14N6O3/c1-16(2)12(19)9-6-7-17(15-9)10-5-3-4-8(14-13)11(10)18(20)21/h3-7,14H,13H2,1-2H3. The molecule has 0 spiro atoms. The third-order valence-electron chi connectivity index (χ3n) is 2.81. The van der Waals surface area contributed by atoms with Gasteiger partial charge in [0.1, 0.15) is 11.4 Å². The van der Waals surface area contributed by atoms with E-state index < -0.39 is 4.92 Å². The van der Waals surface area contributed by atoms with Gasteiger partial charge in [0, 0.05) is 20.3 Å². The summed E-state index contributed by atoms with van der Waals surface area (Å²) in [6.45, 7) is 0. The monoisotopic (exact) mass is 290 g/mol. The molecule has 0 bridgehead atoms. The number of carbonyl (C=O) groups is 1. The number of nitro benzene ring substituents is 1. The van der Waals surface area contributed by atoms with Gasteiger partial charge in [-0.15, -0.1) is 0 Å². The van der Waals surface area contributed by atoms with Crippen LogP contribution in [0, 0.1) is 10.1 Å². The summed E-state index contributed by atoms with van der Waals surface area (Å²) in [5, 5.41) is 15.3. The number of hydrogen-bond donors (Lipinski definition) is 2. The Labute approximate surface area is 120 Å². The van der Waals surface area contributed by atoms with Crippen LogP contribution in [0.4, 0.5) is 11.4 Å². The van der Waals surface area contributed by atoms with Gasteiger partial charge in [-0.2, -0.15) is 5.10 Å². The first-order chi connectivity index (χ1) is 9.95. The predicted molar refractivity (Wildman–Crippen MR) is 76.0 cm³/mol. The Bertz CT molecular complexity index is 694. The van der Waals surface area contributed by atoms with Gasteiger partial charge in [0.25, 0.3) is 5.91 Å². The second kappa shape index (κ2) is 5.59. The molecule has 0 aliphatic heterocycles. The van der Waals surface area contributed by atoms with E-state index in [1.165, 1.54) is 34.0 Å². The second-order valence-corrected chi connectivity index (χ2v) is 4.42. The van der Waals surface area contributed by atoms with Gasteiger partial charge in [-0.1, -0.05) is 6.07 Å². The highest BCUT2D eigenvalue weighted by atomic mass is 16.6. The zero-order valence-corrected chi connectivity index (χ0v) is 11.5. The van der Waals surface area contributed by atoms with E-state index in [4.69, 9.17) is 5.84 Å². The van der Waals surface area contributed by atoms with Crippen molar-refractivity contribution in [3.63, 3.8) is 0 Å². The van der Waals surface area contributed by atoms with Gasteiger partial charge in [-0.05, 0) is 18.2 Å². The second-order valence-electron chi connectivity index (χ2n) is 4.42. The van der Waals surface area contributed by atoms with Gasteiger partial charge in [0.05, 0.1) is 4.92 Å². The summed E-state index contributed by atoms with van der Waals surface area (Å²) in [5.41, 5.74) is 2.63. The minimum Gasteiger partial charge on any atom is -0.343 e. The summed E-state index contributed by atoms with van der Waals surface area (Å²) in [6, 6.07) is 6.11. The van der Waals surface area contributed by atoms with Crippen molar-refractivity contribution in [1.29, 1.82) is 0 Å². The maximum atomic E-state index is 11.8. The van der Waals surface area contributed by atoms with Crippen molar-refractivity contribution >= 4 is 17.3 Å². The fraction of sp³-hybridized carbons (Fsp3) is 0.167. The molecule has 2 aromatic rings. The van der Waals surface area contributed by atoms with Gasteiger partial charge in [-0.3, -0.25) is 20.8 Å². The van der Waals surface area contributed by atoms with E-state index in [0.717, 1.165) is 0 Å². The Morgan fingerprint density at radius 1 is 1.43 bits per heavy atom. The van der Waals surface area contributed by atoms with Crippen molar-refractivity contribution in [3.8, 4) is 5.69 Å². The van der Waals surface area contributed by atoms with E-state index in [1.807, 2.05) is 0 Å². The Morgan fingerprint density at radius 2 is 2.14 bits per heavy atom. The smallest absolute Gasteiger partial charge is 0.319 e. The predicted octanol–water partition coefficient (Wildman–Crippen LogP) is 0.768. The first-order valence-electron chi connectivity index (χ1n) is 5.97. The number of anilines is 1. The van der Waals surface area contributed by atoms with Crippen LogP contribution in [0.1, 0.15) is 10.5 Å². The van der Waals surface area contributed by atoms with Crippen molar-refractivity contribution in [1.82, 2.24) is 14.7 Å². The summed E-state index contributed by atoms with van der Waals surface area (Å²) >= 11 is 0. The molecule has 1 amide bonds. The molecule has 1 heterocycles. The highest BCUT2D eigenvalue weighted by Gasteiger charge is 2.22. The molecule has 21 heavy (non-hydrogen) atoms. The molecule has 9 nitrogen and oxygen atoms in total. The number of para-hydroxylation sites is 1. The normalized spacial score (nSPS) is 10.2. The highest BCUT2D eigenvalue weighted by molar-refractivity contribution is 5.91. The van der Waals surface area contributed by atoms with Crippen LogP contribution in [-0.4, -0.2) is 39.6 Å². The molecular weight excluding hydrogens is 276 g/mol. The van der Waals surface area contributed by atoms with Gasteiger partial charge in [-0.25, -0.2) is 4.68 Å². The number of benzene rings is 1. The average Bonchev–Trinajstić information content (AvgIpc) is 2.94. The molecule has 0 atom stereocenters. The lowest BCUT2D eigenvalue weighted by Crippen LogP contribution is -2.22. The topological polar surface area (TPSA) is 119 Å². The van der Waals surface area contributed by atoms with E-state index >= 15 is 0 Å². The highest BCUT2D eigenvalue weighted by Crippen LogP contribution is 2.30. The number of nitrogens with zero attached hydrogens (tertiary/aromatic N) is 4. The maximum Gasteiger partial charge on any atom is 0.319 e. The van der Waals surface area contributed by atoms with E-state index in [0.29, 0.717) is 0 Å². The molecule has 0 radical (unpaired) electrons. The number of hydrogen-bond acceptors (Lipinski definition) is 6. The lowest BCUT2D eigenvalue weighted by Gasteiger charge is -2.08. The van der Waals surface area contributed by atoms with Crippen LogP contribution in [0.2, 0.25) is 0 Å². The summed E-state index contributed by atoms with van der Waals surface area (Å²) in [4.78, 5) is 23.9. The molecule has 0 unspecified atom stereocenters. The molecule has 0 saturated carbocycles. The Morgan fingerprint density at radius 3 is 2.71 bits per heavy atom. The van der Waals surface area contributed by atoms with Crippen LogP contribution >= 0.6 is 0 Å². The third-order valence-corrected chi connectivity index (χ3v) is 2.81. The van der Waals surface area contributed by atoms with E-state index in [1.54, 1.807) is 20.2 Å². The van der Waals surface area contributed by atoms with Crippen molar-refractivity contribution in [2.75, 3.05) is 19.5 Å². The Kier molecular flexibility index (Phi) is 3.85. The fourth-order valence-electron chi connectivity index (χ4n) is 1.83. The molecule has 110 valence electrons. The lowest BCUT2D eigenvalue weighted by molar-refractivity contribution is -0.383.